The Kier molecular flexibility index (Phi) is 5.03. The van der Waals surface area contributed by atoms with Crippen molar-refractivity contribution in [3.8, 4) is 5.75 Å². The molecule has 1 unspecified atom stereocenters. The number of methoxy groups -OCH3 is 2. The van der Waals surface area contributed by atoms with Crippen LogP contribution in [0.4, 0.5) is 0 Å². The number of nitrogens with one attached hydrogen (secondary N) is 1. The Morgan fingerprint density at radius 1 is 1.33 bits per heavy atom. The second-order valence-corrected chi connectivity index (χ2v) is 5.48. The highest BCUT2D eigenvalue weighted by atomic mass is 79.9. The lowest BCUT2D eigenvalue weighted by molar-refractivity contribution is 0.182. The van der Waals surface area contributed by atoms with Gasteiger partial charge in [0, 0.05) is 13.2 Å². The molecule has 0 aliphatic carbocycles. The SMILES string of the molecule is COCc1cc(OC)c(Br)cc1C1CCCCN1. The smallest absolute Gasteiger partial charge is 0.133 e. The number of hydrogen-bond acceptors (Lipinski definition) is 3. The predicted molar refractivity (Wildman–Crippen MR) is 76.0 cm³/mol. The summed E-state index contributed by atoms with van der Waals surface area (Å²) in [6.45, 7) is 1.72. The van der Waals surface area contributed by atoms with Crippen molar-refractivity contribution in [3.05, 3.63) is 27.7 Å². The molecular formula is C14H20BrNO2. The fourth-order valence-electron chi connectivity index (χ4n) is 2.49. The van der Waals surface area contributed by atoms with Crippen LogP contribution in [-0.2, 0) is 11.3 Å². The number of halogens is 1. The van der Waals surface area contributed by atoms with Crippen molar-refractivity contribution in [1.29, 1.82) is 0 Å². The van der Waals surface area contributed by atoms with Gasteiger partial charge in [0.25, 0.3) is 0 Å². The molecule has 2 rings (SSSR count). The van der Waals surface area contributed by atoms with Gasteiger partial charge in [0.05, 0.1) is 18.2 Å². The van der Waals surface area contributed by atoms with E-state index in [1.54, 1.807) is 14.2 Å². The van der Waals surface area contributed by atoms with Crippen LogP contribution < -0.4 is 10.1 Å². The molecule has 1 saturated heterocycles. The maximum Gasteiger partial charge on any atom is 0.133 e. The molecule has 3 nitrogen and oxygen atoms in total. The number of benzene rings is 1. The zero-order valence-corrected chi connectivity index (χ0v) is 12.5. The fourth-order valence-corrected chi connectivity index (χ4v) is 3.01. The van der Waals surface area contributed by atoms with Crippen LogP contribution in [0.2, 0.25) is 0 Å². The predicted octanol–water partition coefficient (Wildman–Crippen LogP) is 3.42. The monoisotopic (exact) mass is 313 g/mol. The molecule has 4 heteroatoms. The summed E-state index contributed by atoms with van der Waals surface area (Å²) in [7, 11) is 3.42. The van der Waals surface area contributed by atoms with Crippen molar-refractivity contribution < 1.29 is 9.47 Å². The molecule has 0 radical (unpaired) electrons. The average Bonchev–Trinajstić information content (AvgIpc) is 2.41. The Bertz CT molecular complexity index is 403. The Morgan fingerprint density at radius 3 is 2.78 bits per heavy atom. The first kappa shape index (κ1) is 13.8. The Balaban J connectivity index is 2.33. The highest BCUT2D eigenvalue weighted by Crippen LogP contribution is 2.34. The van der Waals surface area contributed by atoms with E-state index >= 15 is 0 Å². The zero-order valence-electron chi connectivity index (χ0n) is 11.0. The Labute approximate surface area is 117 Å². The maximum atomic E-state index is 5.35. The van der Waals surface area contributed by atoms with E-state index in [0.29, 0.717) is 12.6 Å². The molecule has 100 valence electrons. The molecule has 1 aliphatic heterocycles. The summed E-state index contributed by atoms with van der Waals surface area (Å²) in [6.07, 6.45) is 3.75. The van der Waals surface area contributed by atoms with Gasteiger partial charge in [0.1, 0.15) is 5.75 Å². The van der Waals surface area contributed by atoms with E-state index in [2.05, 4.69) is 33.4 Å². The van der Waals surface area contributed by atoms with Crippen LogP contribution in [0.5, 0.6) is 5.75 Å². The van der Waals surface area contributed by atoms with Crippen molar-refractivity contribution in [2.24, 2.45) is 0 Å². The van der Waals surface area contributed by atoms with E-state index in [1.807, 2.05) is 0 Å². The van der Waals surface area contributed by atoms with Crippen LogP contribution in [0.25, 0.3) is 0 Å². The quantitative estimate of drug-likeness (QED) is 0.924. The molecule has 1 heterocycles. The summed E-state index contributed by atoms with van der Waals surface area (Å²) in [5, 5.41) is 3.58. The molecule has 1 N–H and O–H groups in total. The highest BCUT2D eigenvalue weighted by molar-refractivity contribution is 9.10. The molecule has 0 saturated carbocycles. The minimum atomic E-state index is 0.436. The lowest BCUT2D eigenvalue weighted by Crippen LogP contribution is -2.27. The topological polar surface area (TPSA) is 30.5 Å². The molecule has 1 aromatic carbocycles. The maximum absolute atomic E-state index is 5.35. The zero-order chi connectivity index (χ0) is 13.0. The summed E-state index contributed by atoms with van der Waals surface area (Å²) in [6, 6.07) is 4.67. The van der Waals surface area contributed by atoms with Crippen molar-refractivity contribution in [2.45, 2.75) is 31.9 Å². The van der Waals surface area contributed by atoms with Crippen molar-refractivity contribution in [3.63, 3.8) is 0 Å². The van der Waals surface area contributed by atoms with Crippen molar-refractivity contribution in [1.82, 2.24) is 5.32 Å². The highest BCUT2D eigenvalue weighted by Gasteiger charge is 2.19. The summed E-state index contributed by atoms with van der Waals surface area (Å²) < 4.78 is 11.7. The minimum absolute atomic E-state index is 0.436. The van der Waals surface area contributed by atoms with Crippen LogP contribution in [0, 0.1) is 0 Å². The number of hydrogen-bond donors (Lipinski definition) is 1. The first-order valence-corrected chi connectivity index (χ1v) is 7.14. The lowest BCUT2D eigenvalue weighted by Gasteiger charge is -2.26. The molecule has 1 atom stereocenters. The van der Waals surface area contributed by atoms with Gasteiger partial charge in [-0.25, -0.2) is 0 Å². The van der Waals surface area contributed by atoms with Gasteiger partial charge in [-0.1, -0.05) is 6.42 Å². The average molecular weight is 314 g/mol. The van der Waals surface area contributed by atoms with Gasteiger partial charge in [0.2, 0.25) is 0 Å². The van der Waals surface area contributed by atoms with Crippen molar-refractivity contribution >= 4 is 15.9 Å². The van der Waals surface area contributed by atoms with Gasteiger partial charge in [0.15, 0.2) is 0 Å². The molecule has 0 bridgehead atoms. The molecular weight excluding hydrogens is 294 g/mol. The van der Waals surface area contributed by atoms with Crippen LogP contribution >= 0.6 is 15.9 Å². The third kappa shape index (κ3) is 3.05. The molecule has 1 fully saturated rings. The third-order valence-corrected chi connectivity index (χ3v) is 4.02. The van der Waals surface area contributed by atoms with E-state index < -0.39 is 0 Å². The molecule has 0 amide bonds. The Morgan fingerprint density at radius 2 is 2.17 bits per heavy atom. The van der Waals surface area contributed by atoms with Gasteiger partial charge in [-0.05, 0) is 58.6 Å². The molecule has 1 aromatic rings. The van der Waals surface area contributed by atoms with E-state index in [1.165, 1.54) is 30.4 Å². The standard InChI is InChI=1S/C14H20BrNO2/c1-17-9-10-7-14(18-2)12(15)8-11(10)13-5-3-4-6-16-13/h7-8,13,16H,3-6,9H2,1-2H3. The molecule has 18 heavy (non-hydrogen) atoms. The van der Waals surface area contributed by atoms with Gasteiger partial charge in [-0.2, -0.15) is 0 Å². The summed E-state index contributed by atoms with van der Waals surface area (Å²) in [5.41, 5.74) is 2.53. The van der Waals surface area contributed by atoms with E-state index in [-0.39, 0.29) is 0 Å². The normalized spacial score (nSPS) is 19.8. The second-order valence-electron chi connectivity index (χ2n) is 4.62. The second kappa shape index (κ2) is 6.55. The van der Waals surface area contributed by atoms with Crippen LogP contribution in [-0.4, -0.2) is 20.8 Å². The van der Waals surface area contributed by atoms with Gasteiger partial charge in [-0.3, -0.25) is 0 Å². The van der Waals surface area contributed by atoms with Crippen LogP contribution in [0.1, 0.15) is 36.4 Å². The third-order valence-electron chi connectivity index (χ3n) is 3.40. The lowest BCUT2D eigenvalue weighted by atomic mass is 9.93. The molecule has 0 aromatic heterocycles. The summed E-state index contributed by atoms with van der Waals surface area (Å²) in [4.78, 5) is 0. The summed E-state index contributed by atoms with van der Waals surface area (Å²) >= 11 is 3.57. The molecule has 0 spiro atoms. The number of ether oxygens (including phenoxy) is 2. The summed E-state index contributed by atoms with van der Waals surface area (Å²) in [5.74, 6) is 0.863. The number of rotatable bonds is 4. The molecule has 1 aliphatic rings. The first-order valence-electron chi connectivity index (χ1n) is 6.35. The first-order chi connectivity index (χ1) is 8.76. The van der Waals surface area contributed by atoms with Crippen LogP contribution in [0.3, 0.4) is 0 Å². The Hall–Kier alpha value is -0.580. The van der Waals surface area contributed by atoms with Gasteiger partial charge in [-0.15, -0.1) is 0 Å². The van der Waals surface area contributed by atoms with E-state index in [4.69, 9.17) is 9.47 Å². The largest absolute Gasteiger partial charge is 0.496 e. The van der Waals surface area contributed by atoms with Gasteiger partial charge < -0.3 is 14.8 Å². The number of piperidine rings is 1. The van der Waals surface area contributed by atoms with Gasteiger partial charge >= 0.3 is 0 Å². The van der Waals surface area contributed by atoms with E-state index in [9.17, 15) is 0 Å². The minimum Gasteiger partial charge on any atom is -0.496 e. The van der Waals surface area contributed by atoms with Crippen LogP contribution in [0.15, 0.2) is 16.6 Å². The van der Waals surface area contributed by atoms with E-state index in [0.717, 1.165) is 16.8 Å². The van der Waals surface area contributed by atoms with Crippen molar-refractivity contribution in [2.75, 3.05) is 20.8 Å². The fraction of sp³-hybridized carbons (Fsp3) is 0.571.